The molecule has 1 N–H and O–H groups in total. The molecule has 1 aliphatic carbocycles. The molecule has 0 unspecified atom stereocenters. The molecule has 16 heteroatoms. The van der Waals surface area contributed by atoms with Crippen LogP contribution in [0.15, 0.2) is 48.5 Å². The number of nitrogens with one attached hydrogen (secondary N) is 1. The highest BCUT2D eigenvalue weighted by molar-refractivity contribution is 5.79. The molecular formula is C45H73NO15. The van der Waals surface area contributed by atoms with Crippen LogP contribution in [0.3, 0.4) is 0 Å². The summed E-state index contributed by atoms with van der Waals surface area (Å²) >= 11 is 0. The highest BCUT2D eigenvalue weighted by Gasteiger charge is 2.29. The van der Waals surface area contributed by atoms with Crippen LogP contribution in [0.2, 0.25) is 0 Å². The molecule has 0 saturated carbocycles. The van der Waals surface area contributed by atoms with E-state index in [1.54, 1.807) is 0 Å². The van der Waals surface area contributed by atoms with E-state index in [4.69, 9.17) is 66.3 Å². The van der Waals surface area contributed by atoms with Gasteiger partial charge in [-0.25, -0.2) is 4.79 Å². The number of carbonyl (C=O) groups excluding carboxylic acids is 1. The number of ether oxygens (including phenoxy) is 14. The lowest BCUT2D eigenvalue weighted by atomic mass is 9.98. The molecule has 2 aromatic rings. The van der Waals surface area contributed by atoms with E-state index in [0.29, 0.717) is 185 Å². The second kappa shape index (κ2) is 37.7. The number of benzene rings is 2. The Kier molecular flexibility index (Phi) is 32.5. The Labute approximate surface area is 363 Å². The summed E-state index contributed by atoms with van der Waals surface area (Å²) in [5.74, 6) is 0.0473. The molecule has 0 spiro atoms. The van der Waals surface area contributed by atoms with E-state index < -0.39 is 6.09 Å². The minimum atomic E-state index is -0.416. The van der Waals surface area contributed by atoms with Crippen molar-refractivity contribution in [2.75, 3.05) is 178 Å². The molecule has 1 aliphatic rings. The maximum absolute atomic E-state index is 12.3. The quantitative estimate of drug-likeness (QED) is 0.0927. The summed E-state index contributed by atoms with van der Waals surface area (Å²) in [6, 6.07) is 16.6. The van der Waals surface area contributed by atoms with Gasteiger partial charge < -0.3 is 71.6 Å². The summed E-state index contributed by atoms with van der Waals surface area (Å²) in [7, 11) is 0. The van der Waals surface area contributed by atoms with Gasteiger partial charge in [0.05, 0.1) is 165 Å². The number of hydrogen-bond acceptors (Lipinski definition) is 15. The summed E-state index contributed by atoms with van der Waals surface area (Å²) in [4.78, 5) is 12.3. The van der Waals surface area contributed by atoms with Crippen LogP contribution >= 0.6 is 0 Å². The van der Waals surface area contributed by atoms with Crippen LogP contribution in [0, 0.1) is 0 Å². The first-order valence-electron chi connectivity index (χ1n) is 21.8. The highest BCUT2D eigenvalue weighted by atomic mass is 16.6. The monoisotopic (exact) mass is 867 g/mol. The maximum atomic E-state index is 12.3. The van der Waals surface area contributed by atoms with Crippen LogP contribution in [-0.4, -0.2) is 191 Å². The predicted octanol–water partition coefficient (Wildman–Crippen LogP) is 4.54. The van der Waals surface area contributed by atoms with Gasteiger partial charge in [0.1, 0.15) is 6.61 Å². The fraction of sp³-hybridized carbons (Fsp3) is 0.711. The van der Waals surface area contributed by atoms with Gasteiger partial charge in [-0.15, -0.1) is 0 Å². The van der Waals surface area contributed by atoms with Crippen LogP contribution in [0.25, 0.3) is 11.1 Å². The molecule has 61 heavy (non-hydrogen) atoms. The van der Waals surface area contributed by atoms with Gasteiger partial charge in [0, 0.05) is 19.1 Å². The molecule has 0 aromatic heterocycles. The van der Waals surface area contributed by atoms with Crippen LogP contribution in [0.1, 0.15) is 37.3 Å². The third kappa shape index (κ3) is 27.1. The average Bonchev–Trinajstić information content (AvgIpc) is 3.59. The number of fused-ring (bicyclic) bond motifs is 3. The molecule has 0 bridgehead atoms. The van der Waals surface area contributed by atoms with Gasteiger partial charge in [0.25, 0.3) is 0 Å². The third-order valence-corrected chi connectivity index (χ3v) is 8.85. The van der Waals surface area contributed by atoms with Gasteiger partial charge in [-0.3, -0.25) is 0 Å². The van der Waals surface area contributed by atoms with E-state index in [1.165, 1.54) is 22.3 Å². The SMILES string of the molecule is CC(C)OCCOCCOCCOCCOCCOCCOCCOCCOCCOCCOCCOCCOCCCNC(=O)OCC1c2ccccc2-c2ccccc21. The van der Waals surface area contributed by atoms with Crippen molar-refractivity contribution in [2.24, 2.45) is 0 Å². The topological polar surface area (TPSA) is 158 Å². The standard InChI is InChI=1S/C45H73NO15/c1-39(2)60-37-36-59-35-34-58-33-32-57-31-30-56-29-28-55-27-26-54-25-24-53-23-22-52-21-20-51-19-18-50-17-16-49-15-14-48-13-7-12-46-45(47)61-38-44-42-10-5-3-8-40(42)41-9-4-6-11-43(41)44/h3-6,8-11,39,44H,7,12-38H2,1-2H3,(H,46,47). The minimum Gasteiger partial charge on any atom is -0.449 e. The predicted molar refractivity (Wildman–Crippen MR) is 229 cm³/mol. The summed E-state index contributed by atoms with van der Waals surface area (Å²) in [6.45, 7) is 17.5. The van der Waals surface area contributed by atoms with Crippen LogP contribution in [0.5, 0.6) is 0 Å². The Morgan fingerprint density at radius 3 is 1.07 bits per heavy atom. The molecule has 16 nitrogen and oxygen atoms in total. The van der Waals surface area contributed by atoms with Gasteiger partial charge in [-0.2, -0.15) is 0 Å². The Morgan fingerprint density at radius 1 is 0.443 bits per heavy atom. The van der Waals surface area contributed by atoms with E-state index in [1.807, 2.05) is 38.1 Å². The lowest BCUT2D eigenvalue weighted by Gasteiger charge is -2.14. The number of alkyl carbamates (subject to hydrolysis) is 1. The van der Waals surface area contributed by atoms with Crippen molar-refractivity contribution < 1.29 is 71.1 Å². The molecule has 0 saturated heterocycles. The largest absolute Gasteiger partial charge is 0.449 e. The second-order valence-electron chi connectivity index (χ2n) is 13.9. The normalized spacial score (nSPS) is 12.3. The summed E-state index contributed by atoms with van der Waals surface area (Å²) in [5, 5.41) is 2.81. The first kappa shape index (κ1) is 52.5. The Bertz CT molecular complexity index is 1280. The molecular weight excluding hydrogens is 794 g/mol. The minimum absolute atomic E-state index is 0.0473. The van der Waals surface area contributed by atoms with E-state index >= 15 is 0 Å². The number of amides is 1. The fourth-order valence-electron chi connectivity index (χ4n) is 5.88. The third-order valence-electron chi connectivity index (χ3n) is 8.85. The highest BCUT2D eigenvalue weighted by Crippen LogP contribution is 2.44. The Balaban J connectivity index is 0.916. The first-order valence-corrected chi connectivity index (χ1v) is 21.8. The molecule has 2 aromatic carbocycles. The average molecular weight is 868 g/mol. The Morgan fingerprint density at radius 2 is 0.738 bits per heavy atom. The molecule has 0 atom stereocenters. The van der Waals surface area contributed by atoms with Crippen molar-refractivity contribution in [3.05, 3.63) is 59.7 Å². The molecule has 3 rings (SSSR count). The lowest BCUT2D eigenvalue weighted by Crippen LogP contribution is -2.27. The van der Waals surface area contributed by atoms with Gasteiger partial charge in [-0.1, -0.05) is 48.5 Å². The van der Waals surface area contributed by atoms with Crippen LogP contribution < -0.4 is 5.32 Å². The van der Waals surface area contributed by atoms with Crippen molar-refractivity contribution in [1.29, 1.82) is 0 Å². The van der Waals surface area contributed by atoms with Crippen molar-refractivity contribution in [2.45, 2.75) is 32.3 Å². The second-order valence-corrected chi connectivity index (χ2v) is 13.9. The number of carbonyl (C=O) groups is 1. The summed E-state index contributed by atoms with van der Waals surface area (Å²) in [5.41, 5.74) is 4.80. The zero-order valence-corrected chi connectivity index (χ0v) is 36.7. The fourth-order valence-corrected chi connectivity index (χ4v) is 5.88. The van der Waals surface area contributed by atoms with Crippen molar-refractivity contribution in [3.63, 3.8) is 0 Å². The molecule has 1 amide bonds. The zero-order valence-electron chi connectivity index (χ0n) is 36.7. The van der Waals surface area contributed by atoms with E-state index in [0.717, 1.165) is 0 Å². The smallest absolute Gasteiger partial charge is 0.407 e. The van der Waals surface area contributed by atoms with Gasteiger partial charge in [0.15, 0.2) is 0 Å². The first-order chi connectivity index (χ1) is 30.2. The molecule has 348 valence electrons. The zero-order chi connectivity index (χ0) is 43.1. The summed E-state index contributed by atoms with van der Waals surface area (Å²) < 4.78 is 77.0. The number of rotatable bonds is 43. The van der Waals surface area contributed by atoms with Crippen LogP contribution in [-0.2, 0) is 66.3 Å². The van der Waals surface area contributed by atoms with Crippen LogP contribution in [0.4, 0.5) is 4.79 Å². The van der Waals surface area contributed by atoms with E-state index in [-0.39, 0.29) is 12.0 Å². The van der Waals surface area contributed by atoms with Crippen molar-refractivity contribution >= 4 is 6.09 Å². The van der Waals surface area contributed by atoms with Crippen molar-refractivity contribution in [1.82, 2.24) is 5.32 Å². The van der Waals surface area contributed by atoms with E-state index in [9.17, 15) is 4.79 Å². The molecule has 0 fully saturated rings. The molecule has 0 heterocycles. The van der Waals surface area contributed by atoms with Gasteiger partial charge in [0.2, 0.25) is 0 Å². The summed E-state index contributed by atoms with van der Waals surface area (Å²) in [6.07, 6.45) is 0.491. The molecule has 0 aliphatic heterocycles. The maximum Gasteiger partial charge on any atom is 0.407 e. The molecule has 0 radical (unpaired) electrons. The van der Waals surface area contributed by atoms with Gasteiger partial charge >= 0.3 is 6.09 Å². The van der Waals surface area contributed by atoms with E-state index in [2.05, 4.69) is 29.6 Å². The number of hydrogen-bond donors (Lipinski definition) is 1. The Hall–Kier alpha value is -2.81. The van der Waals surface area contributed by atoms with Gasteiger partial charge in [-0.05, 0) is 42.5 Å². The van der Waals surface area contributed by atoms with Crippen molar-refractivity contribution in [3.8, 4) is 11.1 Å². The lowest BCUT2D eigenvalue weighted by molar-refractivity contribution is -0.0298.